The molecule has 0 atom stereocenters. The van der Waals surface area contributed by atoms with Gasteiger partial charge in [-0.15, -0.1) is 0 Å². The molecule has 1 aliphatic heterocycles. The molecule has 2 heterocycles. The van der Waals surface area contributed by atoms with Crippen LogP contribution in [0.3, 0.4) is 0 Å². The Kier molecular flexibility index (Phi) is 6.49. The number of hydrogen-bond donors (Lipinski definition) is 1. The van der Waals surface area contributed by atoms with Gasteiger partial charge in [0.05, 0.1) is 15.0 Å². The van der Waals surface area contributed by atoms with Gasteiger partial charge in [-0.1, -0.05) is 36.2 Å². The Balaban J connectivity index is 1.77. The number of halogens is 2. The number of carbonyl (C=O) groups is 3. The van der Waals surface area contributed by atoms with E-state index in [4.69, 9.17) is 27.6 Å². The van der Waals surface area contributed by atoms with Crippen molar-refractivity contribution in [3.8, 4) is 11.3 Å². The van der Waals surface area contributed by atoms with E-state index in [0.29, 0.717) is 33.7 Å². The number of hydrogen-bond acceptors (Lipinski definition) is 5. The van der Waals surface area contributed by atoms with E-state index in [1.807, 2.05) is 6.92 Å². The van der Waals surface area contributed by atoms with Crippen molar-refractivity contribution >= 4 is 58.1 Å². The number of nitrogens with one attached hydrogen (secondary N) is 1. The maximum atomic E-state index is 12.5. The summed E-state index contributed by atoms with van der Waals surface area (Å²) in [7, 11) is 0. The summed E-state index contributed by atoms with van der Waals surface area (Å²) in [6.07, 6.45) is 2.24. The Hall–Kier alpha value is -2.22. The van der Waals surface area contributed by atoms with Crippen molar-refractivity contribution in [2.75, 3.05) is 13.1 Å². The molecular formula is C19H16Cl2N2O4S. The SMILES string of the molecule is CCCNC(=O)CN1C(=O)S/C(=C\c2ccc(-c3cccc(Cl)c3Cl)o2)C1=O. The van der Waals surface area contributed by atoms with Crippen LogP contribution in [0.25, 0.3) is 17.4 Å². The smallest absolute Gasteiger partial charge is 0.294 e. The second kappa shape index (κ2) is 8.86. The first kappa shape index (κ1) is 20.5. The normalized spacial score (nSPS) is 15.5. The first-order valence-corrected chi connectivity index (χ1v) is 10.0. The van der Waals surface area contributed by atoms with Crippen LogP contribution in [-0.4, -0.2) is 35.0 Å². The molecule has 0 radical (unpaired) electrons. The molecular weight excluding hydrogens is 423 g/mol. The Morgan fingerprint density at radius 3 is 2.79 bits per heavy atom. The summed E-state index contributed by atoms with van der Waals surface area (Å²) < 4.78 is 5.73. The minimum Gasteiger partial charge on any atom is -0.457 e. The lowest BCUT2D eigenvalue weighted by Gasteiger charge is -2.11. The molecule has 1 saturated heterocycles. The second-order valence-corrected chi connectivity index (χ2v) is 7.70. The summed E-state index contributed by atoms with van der Waals surface area (Å²) in [5.74, 6) is -0.0365. The van der Waals surface area contributed by atoms with Crippen LogP contribution >= 0.6 is 35.0 Å². The third-order valence-electron chi connectivity index (χ3n) is 3.86. The molecule has 0 aliphatic carbocycles. The van der Waals surface area contributed by atoms with Gasteiger partial charge in [-0.3, -0.25) is 19.3 Å². The number of imide groups is 1. The minimum absolute atomic E-state index is 0.186. The maximum Gasteiger partial charge on any atom is 0.294 e. The lowest BCUT2D eigenvalue weighted by molar-refractivity contribution is -0.129. The monoisotopic (exact) mass is 438 g/mol. The maximum absolute atomic E-state index is 12.5. The van der Waals surface area contributed by atoms with Gasteiger partial charge < -0.3 is 9.73 Å². The van der Waals surface area contributed by atoms with Gasteiger partial charge in [0.1, 0.15) is 18.1 Å². The lowest BCUT2D eigenvalue weighted by Crippen LogP contribution is -2.39. The molecule has 3 rings (SSSR count). The molecule has 3 amide bonds. The Labute approximate surface area is 175 Å². The third-order valence-corrected chi connectivity index (χ3v) is 5.59. The third kappa shape index (κ3) is 4.43. The molecule has 2 aromatic rings. The molecule has 146 valence electrons. The number of rotatable bonds is 6. The standard InChI is InChI=1S/C19H16Cl2N2O4S/c1-2-8-22-16(24)10-23-18(25)15(28-19(23)26)9-11-6-7-14(27-11)12-4-3-5-13(20)17(12)21/h3-7,9H,2,8,10H2,1H3,(H,22,24)/b15-9-. The summed E-state index contributed by atoms with van der Waals surface area (Å²) in [5.41, 5.74) is 0.620. The Morgan fingerprint density at radius 2 is 2.04 bits per heavy atom. The van der Waals surface area contributed by atoms with E-state index in [1.54, 1.807) is 30.3 Å². The lowest BCUT2D eigenvalue weighted by atomic mass is 10.2. The van der Waals surface area contributed by atoms with Crippen LogP contribution < -0.4 is 5.32 Å². The van der Waals surface area contributed by atoms with Gasteiger partial charge in [-0.2, -0.15) is 0 Å². The van der Waals surface area contributed by atoms with Crippen LogP contribution in [0.2, 0.25) is 10.0 Å². The van der Waals surface area contributed by atoms with Crippen molar-refractivity contribution < 1.29 is 18.8 Å². The molecule has 1 N–H and O–H groups in total. The molecule has 0 unspecified atom stereocenters. The van der Waals surface area contributed by atoms with Crippen LogP contribution in [-0.2, 0) is 9.59 Å². The fourth-order valence-corrected chi connectivity index (χ4v) is 3.71. The quantitative estimate of drug-likeness (QED) is 0.654. The van der Waals surface area contributed by atoms with Crippen molar-refractivity contribution in [1.82, 2.24) is 10.2 Å². The summed E-state index contributed by atoms with van der Waals surface area (Å²) in [5, 5.41) is 2.91. The minimum atomic E-state index is -0.527. The van der Waals surface area contributed by atoms with Crippen LogP contribution in [0.4, 0.5) is 4.79 Å². The highest BCUT2D eigenvalue weighted by molar-refractivity contribution is 8.18. The largest absolute Gasteiger partial charge is 0.457 e. The highest BCUT2D eigenvalue weighted by atomic mass is 35.5. The van der Waals surface area contributed by atoms with E-state index in [0.717, 1.165) is 23.1 Å². The van der Waals surface area contributed by atoms with E-state index in [9.17, 15) is 14.4 Å². The van der Waals surface area contributed by atoms with E-state index in [2.05, 4.69) is 5.32 Å². The van der Waals surface area contributed by atoms with Crippen LogP contribution in [0.1, 0.15) is 19.1 Å². The first-order valence-electron chi connectivity index (χ1n) is 8.47. The van der Waals surface area contributed by atoms with Gasteiger partial charge in [0.2, 0.25) is 5.91 Å². The van der Waals surface area contributed by atoms with Gasteiger partial charge >= 0.3 is 0 Å². The zero-order valence-electron chi connectivity index (χ0n) is 14.8. The fraction of sp³-hybridized carbons (Fsp3) is 0.211. The van der Waals surface area contributed by atoms with E-state index in [1.165, 1.54) is 6.08 Å². The molecule has 1 aromatic heterocycles. The van der Waals surface area contributed by atoms with Crippen molar-refractivity contribution in [1.29, 1.82) is 0 Å². The number of nitrogens with zero attached hydrogens (tertiary/aromatic N) is 1. The number of carbonyl (C=O) groups excluding carboxylic acids is 3. The van der Waals surface area contributed by atoms with E-state index in [-0.39, 0.29) is 17.4 Å². The number of furan rings is 1. The van der Waals surface area contributed by atoms with Gasteiger partial charge in [0, 0.05) is 18.2 Å². The number of thioether (sulfide) groups is 1. The fourth-order valence-electron chi connectivity index (χ4n) is 2.50. The molecule has 0 spiro atoms. The first-order chi connectivity index (χ1) is 13.4. The molecule has 1 aliphatic rings. The zero-order chi connectivity index (χ0) is 20.3. The van der Waals surface area contributed by atoms with Crippen LogP contribution in [0.5, 0.6) is 0 Å². The molecule has 6 nitrogen and oxygen atoms in total. The van der Waals surface area contributed by atoms with E-state index >= 15 is 0 Å². The topological polar surface area (TPSA) is 79.6 Å². The summed E-state index contributed by atoms with van der Waals surface area (Å²) in [6, 6.07) is 8.55. The second-order valence-electron chi connectivity index (χ2n) is 5.92. The van der Waals surface area contributed by atoms with Crippen LogP contribution in [0, 0.1) is 0 Å². The summed E-state index contributed by atoms with van der Waals surface area (Å²) in [4.78, 5) is 37.5. The summed E-state index contributed by atoms with van der Waals surface area (Å²) >= 11 is 13.0. The highest BCUT2D eigenvalue weighted by Gasteiger charge is 2.36. The van der Waals surface area contributed by atoms with Crippen molar-refractivity contribution in [3.05, 3.63) is 51.0 Å². The summed E-state index contributed by atoms with van der Waals surface area (Å²) in [6.45, 7) is 2.10. The Bertz CT molecular complexity index is 971. The van der Waals surface area contributed by atoms with Crippen molar-refractivity contribution in [2.24, 2.45) is 0 Å². The van der Waals surface area contributed by atoms with Gasteiger partial charge in [0.25, 0.3) is 11.1 Å². The molecule has 28 heavy (non-hydrogen) atoms. The van der Waals surface area contributed by atoms with Gasteiger partial charge in [0.15, 0.2) is 0 Å². The Morgan fingerprint density at radius 1 is 1.25 bits per heavy atom. The predicted molar refractivity (Wildman–Crippen MR) is 110 cm³/mol. The average Bonchev–Trinajstić information content (AvgIpc) is 3.23. The molecule has 1 fully saturated rings. The zero-order valence-corrected chi connectivity index (χ0v) is 17.2. The molecule has 9 heteroatoms. The molecule has 1 aromatic carbocycles. The van der Waals surface area contributed by atoms with Crippen molar-refractivity contribution in [2.45, 2.75) is 13.3 Å². The van der Waals surface area contributed by atoms with Gasteiger partial charge in [-0.05, 0) is 42.4 Å². The highest BCUT2D eigenvalue weighted by Crippen LogP contribution is 2.36. The predicted octanol–water partition coefficient (Wildman–Crippen LogP) is 4.82. The van der Waals surface area contributed by atoms with Crippen molar-refractivity contribution in [3.63, 3.8) is 0 Å². The number of benzene rings is 1. The van der Waals surface area contributed by atoms with Crippen LogP contribution in [0.15, 0.2) is 39.7 Å². The van der Waals surface area contributed by atoms with E-state index < -0.39 is 11.1 Å². The molecule has 0 saturated carbocycles. The number of amides is 3. The molecule has 0 bridgehead atoms. The average molecular weight is 439 g/mol. The van der Waals surface area contributed by atoms with Gasteiger partial charge in [-0.25, -0.2) is 0 Å².